The molecule has 0 radical (unpaired) electrons. The Morgan fingerprint density at radius 1 is 1.23 bits per heavy atom. The molecule has 1 atom stereocenters. The minimum absolute atomic E-state index is 0.110. The second kappa shape index (κ2) is 6.25. The lowest BCUT2D eigenvalue weighted by Gasteiger charge is -2.28. The third kappa shape index (κ3) is 2.86. The lowest BCUT2D eigenvalue weighted by atomic mass is 9.95. The van der Waals surface area contributed by atoms with Gasteiger partial charge >= 0.3 is 6.03 Å². The van der Waals surface area contributed by atoms with E-state index in [1.807, 2.05) is 4.90 Å². The molecule has 6 nitrogen and oxygen atoms in total. The zero-order valence-corrected chi connectivity index (χ0v) is 12.4. The van der Waals surface area contributed by atoms with Crippen molar-refractivity contribution in [1.82, 2.24) is 9.80 Å². The van der Waals surface area contributed by atoms with Gasteiger partial charge in [-0.25, -0.2) is 4.79 Å². The van der Waals surface area contributed by atoms with Crippen LogP contribution in [0.2, 0.25) is 0 Å². The standard InChI is InChI=1S/C16H19N3O3/c20-14(18-9-3-4-10-18)8-5-11-19-15(21)12-6-1-2-7-13(12)17-16(19)22/h1-2,6-7,12H,3-5,8-11H2. The molecule has 1 saturated heterocycles. The molecule has 2 heterocycles. The molecule has 3 aliphatic rings. The number of imide groups is 1. The van der Waals surface area contributed by atoms with Crippen molar-refractivity contribution in [3.63, 3.8) is 0 Å². The molecule has 0 N–H and O–H groups in total. The summed E-state index contributed by atoms with van der Waals surface area (Å²) >= 11 is 0. The minimum atomic E-state index is -0.523. The minimum Gasteiger partial charge on any atom is -0.343 e. The molecule has 1 unspecified atom stereocenters. The first-order valence-corrected chi connectivity index (χ1v) is 7.73. The van der Waals surface area contributed by atoms with E-state index in [2.05, 4.69) is 4.99 Å². The van der Waals surface area contributed by atoms with Crippen molar-refractivity contribution in [2.75, 3.05) is 19.6 Å². The van der Waals surface area contributed by atoms with Crippen LogP contribution in [0.5, 0.6) is 0 Å². The number of rotatable bonds is 4. The lowest BCUT2D eigenvalue weighted by Crippen LogP contribution is -2.46. The van der Waals surface area contributed by atoms with Gasteiger partial charge in [0.1, 0.15) is 0 Å². The average molecular weight is 301 g/mol. The zero-order chi connectivity index (χ0) is 15.5. The van der Waals surface area contributed by atoms with Crippen LogP contribution in [0.4, 0.5) is 4.79 Å². The highest BCUT2D eigenvalue weighted by atomic mass is 16.2. The quantitative estimate of drug-likeness (QED) is 0.790. The fourth-order valence-electron chi connectivity index (χ4n) is 3.00. The van der Waals surface area contributed by atoms with Crippen LogP contribution in [0.3, 0.4) is 0 Å². The molecule has 1 fully saturated rings. The number of aliphatic imine (C=N–C) groups is 1. The Balaban J connectivity index is 1.56. The summed E-state index contributed by atoms with van der Waals surface area (Å²) in [5.74, 6) is -0.597. The van der Waals surface area contributed by atoms with E-state index >= 15 is 0 Å². The third-order valence-electron chi connectivity index (χ3n) is 4.22. The molecule has 0 bridgehead atoms. The Hall–Kier alpha value is -2.24. The molecule has 2 aliphatic heterocycles. The van der Waals surface area contributed by atoms with Crippen molar-refractivity contribution < 1.29 is 14.4 Å². The molecule has 0 aromatic rings. The number of urea groups is 1. The van der Waals surface area contributed by atoms with Crippen molar-refractivity contribution in [2.45, 2.75) is 25.7 Å². The fraction of sp³-hybridized carbons (Fsp3) is 0.500. The molecule has 22 heavy (non-hydrogen) atoms. The molecule has 4 amide bonds. The summed E-state index contributed by atoms with van der Waals surface area (Å²) in [6, 6.07) is -0.523. The SMILES string of the molecule is O=C(CCCN1C(=O)N=C2C=CC=CC2C1=O)N1CCCC1. The Labute approximate surface area is 129 Å². The molecule has 6 heteroatoms. The summed E-state index contributed by atoms with van der Waals surface area (Å²) in [7, 11) is 0. The summed E-state index contributed by atoms with van der Waals surface area (Å²) in [6.45, 7) is 1.91. The molecular weight excluding hydrogens is 282 g/mol. The first-order chi connectivity index (χ1) is 10.7. The highest BCUT2D eigenvalue weighted by Gasteiger charge is 2.35. The second-order valence-corrected chi connectivity index (χ2v) is 5.72. The van der Waals surface area contributed by atoms with E-state index in [-0.39, 0.29) is 18.4 Å². The van der Waals surface area contributed by atoms with E-state index in [0.717, 1.165) is 30.8 Å². The van der Waals surface area contributed by atoms with Crippen molar-refractivity contribution in [2.24, 2.45) is 10.9 Å². The molecule has 0 saturated carbocycles. The van der Waals surface area contributed by atoms with E-state index < -0.39 is 11.9 Å². The van der Waals surface area contributed by atoms with Crippen LogP contribution in [0.15, 0.2) is 29.3 Å². The van der Waals surface area contributed by atoms with Crippen LogP contribution in [-0.4, -0.2) is 53.0 Å². The fourth-order valence-corrected chi connectivity index (χ4v) is 3.00. The number of allylic oxidation sites excluding steroid dienone is 3. The Morgan fingerprint density at radius 2 is 2.00 bits per heavy atom. The van der Waals surface area contributed by atoms with E-state index in [0.29, 0.717) is 18.6 Å². The average Bonchev–Trinajstić information content (AvgIpc) is 3.05. The number of likely N-dealkylation sites (tertiary alicyclic amines) is 1. The Kier molecular flexibility index (Phi) is 4.18. The first kappa shape index (κ1) is 14.7. The van der Waals surface area contributed by atoms with Crippen molar-refractivity contribution >= 4 is 23.6 Å². The maximum absolute atomic E-state index is 12.3. The van der Waals surface area contributed by atoms with Gasteiger partial charge in [-0.3, -0.25) is 14.5 Å². The number of hydrogen-bond acceptors (Lipinski definition) is 3. The van der Waals surface area contributed by atoms with Crippen molar-refractivity contribution in [1.29, 1.82) is 0 Å². The van der Waals surface area contributed by atoms with Crippen molar-refractivity contribution in [3.8, 4) is 0 Å². The Morgan fingerprint density at radius 3 is 2.77 bits per heavy atom. The molecule has 0 aromatic carbocycles. The van der Waals surface area contributed by atoms with Gasteiger partial charge < -0.3 is 4.90 Å². The van der Waals surface area contributed by atoms with Gasteiger partial charge in [0.05, 0.1) is 11.6 Å². The smallest absolute Gasteiger partial charge is 0.343 e. The van der Waals surface area contributed by atoms with Gasteiger partial charge in [-0.1, -0.05) is 18.2 Å². The van der Waals surface area contributed by atoms with Crippen LogP contribution in [0.1, 0.15) is 25.7 Å². The second-order valence-electron chi connectivity index (χ2n) is 5.72. The summed E-state index contributed by atoms with van der Waals surface area (Å²) in [5.41, 5.74) is 0.502. The molecular formula is C16H19N3O3. The van der Waals surface area contributed by atoms with Gasteiger partial charge in [0.15, 0.2) is 0 Å². The largest absolute Gasteiger partial charge is 0.350 e. The zero-order valence-electron chi connectivity index (χ0n) is 12.4. The maximum Gasteiger partial charge on any atom is 0.350 e. The summed E-state index contributed by atoms with van der Waals surface area (Å²) in [4.78, 5) is 43.2. The molecule has 0 aromatic heterocycles. The van der Waals surface area contributed by atoms with E-state index in [9.17, 15) is 14.4 Å². The van der Waals surface area contributed by atoms with Crippen LogP contribution >= 0.6 is 0 Å². The highest BCUT2D eigenvalue weighted by molar-refractivity contribution is 6.21. The van der Waals surface area contributed by atoms with Gasteiger partial charge in [0, 0.05) is 26.1 Å². The monoisotopic (exact) mass is 301 g/mol. The van der Waals surface area contributed by atoms with Crippen LogP contribution in [0, 0.1) is 5.92 Å². The predicted octanol–water partition coefficient (Wildman–Crippen LogP) is 1.53. The third-order valence-corrected chi connectivity index (χ3v) is 4.22. The number of amides is 4. The summed E-state index contributed by atoms with van der Waals surface area (Å²) < 4.78 is 0. The van der Waals surface area contributed by atoms with Gasteiger partial charge in [0.2, 0.25) is 11.8 Å². The van der Waals surface area contributed by atoms with Crippen molar-refractivity contribution in [3.05, 3.63) is 24.3 Å². The number of nitrogens with zero attached hydrogens (tertiary/aromatic N) is 3. The molecule has 0 spiro atoms. The summed E-state index contributed by atoms with van der Waals surface area (Å²) in [6.07, 6.45) is 9.97. The molecule has 116 valence electrons. The van der Waals surface area contributed by atoms with E-state index in [1.54, 1.807) is 24.3 Å². The van der Waals surface area contributed by atoms with Gasteiger partial charge in [-0.05, 0) is 25.3 Å². The van der Waals surface area contributed by atoms with Crippen LogP contribution < -0.4 is 0 Å². The lowest BCUT2D eigenvalue weighted by molar-refractivity contribution is -0.132. The van der Waals surface area contributed by atoms with Gasteiger partial charge in [-0.15, -0.1) is 0 Å². The normalized spacial score (nSPS) is 23.8. The number of carbonyl (C=O) groups is 3. The summed E-state index contributed by atoms with van der Waals surface area (Å²) in [5, 5.41) is 0. The first-order valence-electron chi connectivity index (χ1n) is 7.73. The van der Waals surface area contributed by atoms with Gasteiger partial charge in [-0.2, -0.15) is 4.99 Å². The number of fused-ring (bicyclic) bond motifs is 1. The number of carbonyl (C=O) groups excluding carboxylic acids is 3. The number of hydrogen-bond donors (Lipinski definition) is 0. The van der Waals surface area contributed by atoms with Crippen LogP contribution in [0.25, 0.3) is 0 Å². The predicted molar refractivity (Wildman–Crippen MR) is 81.4 cm³/mol. The molecule has 3 rings (SSSR count). The van der Waals surface area contributed by atoms with E-state index in [4.69, 9.17) is 0 Å². The van der Waals surface area contributed by atoms with Crippen LogP contribution in [-0.2, 0) is 9.59 Å². The maximum atomic E-state index is 12.3. The van der Waals surface area contributed by atoms with Gasteiger partial charge in [0.25, 0.3) is 0 Å². The molecule has 1 aliphatic carbocycles. The Bertz CT molecular complexity index is 585. The highest BCUT2D eigenvalue weighted by Crippen LogP contribution is 2.20. The topological polar surface area (TPSA) is 70.0 Å². The van der Waals surface area contributed by atoms with E-state index in [1.165, 1.54) is 0 Å².